The fourth-order valence-corrected chi connectivity index (χ4v) is 1.20. The molecule has 7 nitrogen and oxygen atoms in total. The third kappa shape index (κ3) is 4.62. The fraction of sp³-hybridized carbons (Fsp3) is 0.600. The fourth-order valence-electron chi connectivity index (χ4n) is 1.20. The molecular formula is C10H17N5O2. The molecule has 0 saturated heterocycles. The molecule has 94 valence electrons. The maximum absolute atomic E-state index is 10.9. The van der Waals surface area contributed by atoms with Gasteiger partial charge in [0.15, 0.2) is 0 Å². The molecule has 3 N–H and O–H groups in total. The highest BCUT2D eigenvalue weighted by molar-refractivity contribution is 5.74. The second-order valence-corrected chi connectivity index (χ2v) is 3.96. The van der Waals surface area contributed by atoms with E-state index in [1.54, 1.807) is 0 Å². The van der Waals surface area contributed by atoms with Gasteiger partial charge in [-0.15, -0.1) is 0 Å². The number of aromatic nitrogens is 3. The summed E-state index contributed by atoms with van der Waals surface area (Å²) in [6, 6.07) is 0. The number of nitrogen functional groups attached to an aromatic ring is 1. The van der Waals surface area contributed by atoms with Crippen molar-refractivity contribution in [3.63, 3.8) is 0 Å². The predicted molar refractivity (Wildman–Crippen MR) is 63.3 cm³/mol. The van der Waals surface area contributed by atoms with Crippen LogP contribution in [0.4, 0.5) is 11.9 Å². The second-order valence-electron chi connectivity index (χ2n) is 3.96. The molecule has 0 saturated carbocycles. The van der Waals surface area contributed by atoms with Gasteiger partial charge in [0.1, 0.15) is 12.4 Å². The Morgan fingerprint density at radius 1 is 1.41 bits per heavy atom. The van der Waals surface area contributed by atoms with E-state index in [9.17, 15) is 4.79 Å². The van der Waals surface area contributed by atoms with Crippen LogP contribution in [-0.2, 0) is 16.0 Å². The summed E-state index contributed by atoms with van der Waals surface area (Å²) in [5.74, 6) is 1.07. The van der Waals surface area contributed by atoms with E-state index in [0.717, 1.165) is 0 Å². The zero-order valence-electron chi connectivity index (χ0n) is 10.2. The largest absolute Gasteiger partial charge is 0.468 e. The Kier molecular flexibility index (Phi) is 4.62. The van der Waals surface area contributed by atoms with E-state index < -0.39 is 5.97 Å². The minimum Gasteiger partial charge on any atom is -0.468 e. The van der Waals surface area contributed by atoms with Crippen molar-refractivity contribution in [2.75, 3.05) is 24.7 Å². The Morgan fingerprint density at radius 3 is 2.71 bits per heavy atom. The highest BCUT2D eigenvalue weighted by Crippen LogP contribution is 2.07. The molecule has 1 heterocycles. The van der Waals surface area contributed by atoms with Crippen LogP contribution >= 0.6 is 0 Å². The van der Waals surface area contributed by atoms with Gasteiger partial charge in [0.2, 0.25) is 11.9 Å². The van der Waals surface area contributed by atoms with Gasteiger partial charge in [-0.2, -0.15) is 15.0 Å². The van der Waals surface area contributed by atoms with E-state index in [1.165, 1.54) is 7.11 Å². The Balaban J connectivity index is 2.71. The molecule has 7 heteroatoms. The van der Waals surface area contributed by atoms with Gasteiger partial charge in [-0.05, 0) is 5.92 Å². The molecule has 0 radical (unpaired) electrons. The summed E-state index contributed by atoms with van der Waals surface area (Å²) in [4.78, 5) is 23.0. The molecule has 0 aliphatic carbocycles. The Hall–Kier alpha value is -1.92. The SMILES string of the molecule is COC(=O)CNc1nc(N)nc(CC(C)C)n1. The molecule has 0 spiro atoms. The average molecular weight is 239 g/mol. The molecule has 1 aromatic heterocycles. The molecule has 0 aliphatic heterocycles. The van der Waals surface area contributed by atoms with Crippen LogP contribution in [0.25, 0.3) is 0 Å². The maximum atomic E-state index is 10.9. The van der Waals surface area contributed by atoms with Crippen molar-refractivity contribution >= 4 is 17.9 Å². The normalized spacial score (nSPS) is 10.4. The van der Waals surface area contributed by atoms with Crippen molar-refractivity contribution < 1.29 is 9.53 Å². The minimum atomic E-state index is -0.394. The lowest BCUT2D eigenvalue weighted by atomic mass is 10.1. The number of methoxy groups -OCH3 is 1. The molecule has 0 aromatic carbocycles. The summed E-state index contributed by atoms with van der Waals surface area (Å²) in [5.41, 5.74) is 5.56. The van der Waals surface area contributed by atoms with Crippen LogP contribution in [0, 0.1) is 5.92 Å². The quantitative estimate of drug-likeness (QED) is 0.709. The summed E-state index contributed by atoms with van der Waals surface area (Å²) >= 11 is 0. The van der Waals surface area contributed by atoms with Crippen LogP contribution in [0.3, 0.4) is 0 Å². The van der Waals surface area contributed by atoms with E-state index in [-0.39, 0.29) is 12.5 Å². The summed E-state index contributed by atoms with van der Waals surface area (Å²) in [7, 11) is 1.32. The first-order valence-corrected chi connectivity index (χ1v) is 5.32. The van der Waals surface area contributed by atoms with Crippen molar-refractivity contribution in [2.45, 2.75) is 20.3 Å². The molecule has 0 unspecified atom stereocenters. The van der Waals surface area contributed by atoms with Gasteiger partial charge < -0.3 is 15.8 Å². The predicted octanol–water partition coefficient (Wildman–Crippen LogP) is 0.237. The van der Waals surface area contributed by atoms with Crippen molar-refractivity contribution in [3.8, 4) is 0 Å². The van der Waals surface area contributed by atoms with Crippen LogP contribution in [0.1, 0.15) is 19.7 Å². The standard InChI is InChI=1S/C10H17N5O2/c1-6(2)4-7-13-9(11)15-10(14-7)12-5-8(16)17-3/h6H,4-5H2,1-3H3,(H3,11,12,13,14,15). The topological polar surface area (TPSA) is 103 Å². The number of carbonyl (C=O) groups excluding carboxylic acids is 1. The number of nitrogens with zero attached hydrogens (tertiary/aromatic N) is 3. The molecule has 1 aromatic rings. The third-order valence-corrected chi connectivity index (χ3v) is 1.91. The van der Waals surface area contributed by atoms with Crippen molar-refractivity contribution in [1.29, 1.82) is 0 Å². The lowest BCUT2D eigenvalue weighted by Crippen LogP contribution is -2.18. The Bertz CT molecular complexity index is 394. The van der Waals surface area contributed by atoms with E-state index in [2.05, 4.69) is 38.9 Å². The first kappa shape index (κ1) is 13.1. The molecule has 0 aliphatic rings. The monoisotopic (exact) mass is 239 g/mol. The van der Waals surface area contributed by atoms with Gasteiger partial charge in [-0.25, -0.2) is 0 Å². The van der Waals surface area contributed by atoms with Crippen LogP contribution < -0.4 is 11.1 Å². The zero-order chi connectivity index (χ0) is 12.8. The van der Waals surface area contributed by atoms with Crippen molar-refractivity contribution in [1.82, 2.24) is 15.0 Å². The molecular weight excluding hydrogens is 222 g/mol. The van der Waals surface area contributed by atoms with Gasteiger partial charge in [-0.1, -0.05) is 13.8 Å². The number of rotatable bonds is 5. The summed E-state index contributed by atoms with van der Waals surface area (Å²) in [6.07, 6.45) is 0.708. The Labute approximate surface area is 99.8 Å². The number of anilines is 2. The molecule has 0 fully saturated rings. The number of carbonyl (C=O) groups is 1. The van der Waals surface area contributed by atoms with Crippen LogP contribution in [0.5, 0.6) is 0 Å². The average Bonchev–Trinajstić information content (AvgIpc) is 2.24. The first-order valence-electron chi connectivity index (χ1n) is 5.32. The van der Waals surface area contributed by atoms with E-state index >= 15 is 0 Å². The summed E-state index contributed by atoms with van der Waals surface area (Å²) in [6.45, 7) is 4.12. The van der Waals surface area contributed by atoms with Crippen LogP contribution in [-0.4, -0.2) is 34.6 Å². The van der Waals surface area contributed by atoms with Gasteiger partial charge in [0, 0.05) is 6.42 Å². The smallest absolute Gasteiger partial charge is 0.325 e. The van der Waals surface area contributed by atoms with E-state index in [1.807, 2.05) is 0 Å². The van der Waals surface area contributed by atoms with Crippen molar-refractivity contribution in [3.05, 3.63) is 5.82 Å². The molecule has 0 atom stereocenters. The number of hydrogen-bond donors (Lipinski definition) is 2. The first-order chi connectivity index (χ1) is 8.01. The zero-order valence-corrected chi connectivity index (χ0v) is 10.2. The summed E-state index contributed by atoms with van der Waals surface area (Å²) in [5, 5.41) is 2.73. The molecule has 0 amide bonds. The molecule has 1 rings (SSSR count). The van der Waals surface area contributed by atoms with E-state index in [4.69, 9.17) is 5.73 Å². The third-order valence-electron chi connectivity index (χ3n) is 1.91. The number of nitrogens with two attached hydrogens (primary N) is 1. The van der Waals surface area contributed by atoms with Crippen molar-refractivity contribution in [2.24, 2.45) is 5.92 Å². The highest BCUT2D eigenvalue weighted by Gasteiger charge is 2.07. The number of ether oxygens (including phenoxy) is 1. The summed E-state index contributed by atoms with van der Waals surface area (Å²) < 4.78 is 4.49. The highest BCUT2D eigenvalue weighted by atomic mass is 16.5. The molecule has 0 bridgehead atoms. The van der Waals surface area contributed by atoms with Gasteiger partial charge in [-0.3, -0.25) is 4.79 Å². The maximum Gasteiger partial charge on any atom is 0.325 e. The second kappa shape index (κ2) is 5.97. The number of nitrogens with one attached hydrogen (secondary N) is 1. The number of hydrogen-bond acceptors (Lipinski definition) is 7. The van der Waals surface area contributed by atoms with Crippen LogP contribution in [0.2, 0.25) is 0 Å². The van der Waals surface area contributed by atoms with Gasteiger partial charge in [0.25, 0.3) is 0 Å². The van der Waals surface area contributed by atoms with E-state index in [0.29, 0.717) is 24.1 Å². The van der Waals surface area contributed by atoms with Gasteiger partial charge >= 0.3 is 5.97 Å². The van der Waals surface area contributed by atoms with Crippen LogP contribution in [0.15, 0.2) is 0 Å². The minimum absolute atomic E-state index is 0.00106. The lowest BCUT2D eigenvalue weighted by molar-refractivity contribution is -0.138. The number of esters is 1. The Morgan fingerprint density at radius 2 is 2.12 bits per heavy atom. The lowest BCUT2D eigenvalue weighted by Gasteiger charge is -2.07. The van der Waals surface area contributed by atoms with Gasteiger partial charge in [0.05, 0.1) is 7.11 Å². The molecule has 17 heavy (non-hydrogen) atoms.